The predicted molar refractivity (Wildman–Crippen MR) is 81.3 cm³/mol. The van der Waals surface area contributed by atoms with Crippen molar-refractivity contribution < 1.29 is 14.3 Å². The summed E-state index contributed by atoms with van der Waals surface area (Å²) in [5.74, 6) is -0.274. The second-order valence-corrected chi connectivity index (χ2v) is 5.96. The van der Waals surface area contributed by atoms with Gasteiger partial charge in [-0.3, -0.25) is 4.79 Å². The third kappa shape index (κ3) is 4.74. The zero-order valence-electron chi connectivity index (χ0n) is 12.1. The molecule has 0 saturated heterocycles. The van der Waals surface area contributed by atoms with Gasteiger partial charge in [0, 0.05) is 11.1 Å². The largest absolute Gasteiger partial charge is 0.452 e. The van der Waals surface area contributed by atoms with E-state index in [-0.39, 0.29) is 18.6 Å². The molecule has 1 amide bonds. The lowest BCUT2D eigenvalue weighted by atomic mass is 9.86. The Bertz CT molecular complexity index is 501. The summed E-state index contributed by atoms with van der Waals surface area (Å²) in [6.07, 6.45) is 4.49. The maximum absolute atomic E-state index is 11.8. The van der Waals surface area contributed by atoms with Gasteiger partial charge in [0.2, 0.25) is 0 Å². The first-order valence-electron chi connectivity index (χ1n) is 7.28. The van der Waals surface area contributed by atoms with E-state index in [1.165, 1.54) is 6.42 Å². The molecule has 2 atom stereocenters. The number of carbonyl (C=O) groups excluding carboxylic acids is 2. The van der Waals surface area contributed by atoms with E-state index in [0.29, 0.717) is 16.5 Å². The van der Waals surface area contributed by atoms with E-state index in [0.717, 1.165) is 19.3 Å². The van der Waals surface area contributed by atoms with Gasteiger partial charge in [0.25, 0.3) is 5.91 Å². The van der Waals surface area contributed by atoms with Crippen molar-refractivity contribution in [2.24, 2.45) is 5.92 Å². The molecule has 0 unspecified atom stereocenters. The highest BCUT2D eigenvalue weighted by Crippen LogP contribution is 2.23. The summed E-state index contributed by atoms with van der Waals surface area (Å²) in [5.41, 5.74) is 0.387. The molecule has 0 aromatic heterocycles. The van der Waals surface area contributed by atoms with Crippen molar-refractivity contribution in [2.45, 2.75) is 38.6 Å². The van der Waals surface area contributed by atoms with Crippen molar-refractivity contribution in [3.63, 3.8) is 0 Å². The number of esters is 1. The quantitative estimate of drug-likeness (QED) is 0.869. The Morgan fingerprint density at radius 1 is 1.24 bits per heavy atom. The normalized spacial score (nSPS) is 21.6. The molecule has 1 N–H and O–H groups in total. The van der Waals surface area contributed by atoms with Gasteiger partial charge >= 0.3 is 5.97 Å². The first-order chi connectivity index (χ1) is 10.1. The summed E-state index contributed by atoms with van der Waals surface area (Å²) in [5, 5.41) is 3.50. The van der Waals surface area contributed by atoms with Crippen LogP contribution < -0.4 is 5.32 Å². The molecule has 0 heterocycles. The Hall–Kier alpha value is -1.55. The molecule has 1 saturated carbocycles. The number of benzene rings is 1. The first kappa shape index (κ1) is 15.8. The van der Waals surface area contributed by atoms with Crippen LogP contribution in [0.2, 0.25) is 5.02 Å². The lowest BCUT2D eigenvalue weighted by Crippen LogP contribution is -2.42. The topological polar surface area (TPSA) is 55.4 Å². The van der Waals surface area contributed by atoms with Crippen molar-refractivity contribution in [1.82, 2.24) is 5.32 Å². The van der Waals surface area contributed by atoms with Gasteiger partial charge in [-0.25, -0.2) is 4.79 Å². The summed E-state index contributed by atoms with van der Waals surface area (Å²) < 4.78 is 5.01. The van der Waals surface area contributed by atoms with Crippen LogP contribution in [0.5, 0.6) is 0 Å². The summed E-state index contributed by atoms with van der Waals surface area (Å²) in [6.45, 7) is 1.90. The molecule has 1 aliphatic rings. The molecule has 4 nitrogen and oxygen atoms in total. The molecular formula is C16H20ClNO3. The third-order valence-electron chi connectivity index (χ3n) is 3.87. The molecule has 0 bridgehead atoms. The van der Waals surface area contributed by atoms with Crippen molar-refractivity contribution in [3.05, 3.63) is 34.9 Å². The van der Waals surface area contributed by atoms with Crippen molar-refractivity contribution in [3.8, 4) is 0 Å². The van der Waals surface area contributed by atoms with E-state index in [9.17, 15) is 9.59 Å². The fourth-order valence-corrected chi connectivity index (χ4v) is 2.71. The molecule has 1 aromatic rings. The summed E-state index contributed by atoms with van der Waals surface area (Å²) in [4.78, 5) is 23.6. The number of amides is 1. The van der Waals surface area contributed by atoms with Crippen molar-refractivity contribution >= 4 is 23.5 Å². The van der Waals surface area contributed by atoms with Crippen molar-refractivity contribution in [2.75, 3.05) is 6.61 Å². The van der Waals surface area contributed by atoms with Crippen LogP contribution in [0.3, 0.4) is 0 Å². The fraction of sp³-hybridized carbons (Fsp3) is 0.500. The van der Waals surface area contributed by atoms with Crippen molar-refractivity contribution in [1.29, 1.82) is 0 Å². The van der Waals surface area contributed by atoms with E-state index >= 15 is 0 Å². The Kier molecular flexibility index (Phi) is 5.62. The molecule has 2 rings (SSSR count). The first-order valence-corrected chi connectivity index (χ1v) is 7.66. The number of hydrogen-bond donors (Lipinski definition) is 1. The average molecular weight is 310 g/mol. The highest BCUT2D eigenvalue weighted by atomic mass is 35.5. The maximum Gasteiger partial charge on any atom is 0.338 e. The maximum atomic E-state index is 11.8. The molecule has 0 radical (unpaired) electrons. The zero-order valence-corrected chi connectivity index (χ0v) is 12.9. The SMILES string of the molecule is C[C@@H]1CCCC[C@H]1NC(=O)COC(=O)c1ccc(Cl)cc1. The molecule has 0 spiro atoms. The Morgan fingerprint density at radius 3 is 2.57 bits per heavy atom. The van der Waals surface area contributed by atoms with Crippen LogP contribution in [0.4, 0.5) is 0 Å². The number of carbonyl (C=O) groups is 2. The van der Waals surface area contributed by atoms with E-state index in [4.69, 9.17) is 16.3 Å². The van der Waals surface area contributed by atoms with Gasteiger partial charge < -0.3 is 10.1 Å². The highest BCUT2D eigenvalue weighted by molar-refractivity contribution is 6.30. The second kappa shape index (κ2) is 7.46. The van der Waals surface area contributed by atoms with Crippen LogP contribution in [0.25, 0.3) is 0 Å². The van der Waals surface area contributed by atoms with Gasteiger partial charge in [0.1, 0.15) is 0 Å². The summed E-state index contributed by atoms with van der Waals surface area (Å²) in [7, 11) is 0. The minimum atomic E-state index is -0.515. The van der Waals surface area contributed by atoms with E-state index < -0.39 is 5.97 Å². The number of ether oxygens (including phenoxy) is 1. The Morgan fingerprint density at radius 2 is 1.90 bits per heavy atom. The third-order valence-corrected chi connectivity index (χ3v) is 4.12. The fourth-order valence-electron chi connectivity index (χ4n) is 2.58. The van der Waals surface area contributed by atoms with Gasteiger partial charge in [0.05, 0.1) is 5.56 Å². The average Bonchev–Trinajstić information content (AvgIpc) is 2.48. The monoisotopic (exact) mass is 309 g/mol. The van der Waals surface area contributed by atoms with Gasteiger partial charge in [-0.15, -0.1) is 0 Å². The molecular weight excluding hydrogens is 290 g/mol. The van der Waals surface area contributed by atoms with Gasteiger partial charge in [-0.2, -0.15) is 0 Å². The Labute approximate surface area is 129 Å². The van der Waals surface area contributed by atoms with Crippen LogP contribution in [0.1, 0.15) is 43.0 Å². The van der Waals surface area contributed by atoms with Crippen LogP contribution in [0.15, 0.2) is 24.3 Å². The molecule has 1 fully saturated rings. The van der Waals surface area contributed by atoms with Crippen LogP contribution in [-0.2, 0) is 9.53 Å². The second-order valence-electron chi connectivity index (χ2n) is 5.52. The van der Waals surface area contributed by atoms with Gasteiger partial charge in [0.15, 0.2) is 6.61 Å². The number of halogens is 1. The summed E-state index contributed by atoms with van der Waals surface area (Å²) >= 11 is 5.75. The molecule has 1 aromatic carbocycles. The minimum Gasteiger partial charge on any atom is -0.452 e. The molecule has 5 heteroatoms. The molecule has 0 aliphatic heterocycles. The number of hydrogen-bond acceptors (Lipinski definition) is 3. The van der Waals surface area contributed by atoms with E-state index in [2.05, 4.69) is 12.2 Å². The smallest absolute Gasteiger partial charge is 0.338 e. The van der Waals surface area contributed by atoms with E-state index in [1.807, 2.05) is 0 Å². The Balaban J connectivity index is 1.78. The minimum absolute atomic E-state index is 0.195. The highest BCUT2D eigenvalue weighted by Gasteiger charge is 2.23. The van der Waals surface area contributed by atoms with Crippen LogP contribution in [0, 0.1) is 5.92 Å². The van der Waals surface area contributed by atoms with E-state index in [1.54, 1.807) is 24.3 Å². The zero-order chi connectivity index (χ0) is 15.2. The summed E-state index contributed by atoms with van der Waals surface area (Å²) in [6, 6.07) is 6.57. The number of nitrogens with one attached hydrogen (secondary N) is 1. The lowest BCUT2D eigenvalue weighted by molar-refractivity contribution is -0.125. The van der Waals surface area contributed by atoms with Gasteiger partial charge in [-0.05, 0) is 43.0 Å². The number of rotatable bonds is 4. The molecule has 1 aliphatic carbocycles. The molecule has 21 heavy (non-hydrogen) atoms. The predicted octanol–water partition coefficient (Wildman–Crippen LogP) is 3.19. The van der Waals surface area contributed by atoms with Crippen LogP contribution in [-0.4, -0.2) is 24.5 Å². The van der Waals surface area contributed by atoms with Gasteiger partial charge in [-0.1, -0.05) is 31.4 Å². The standard InChI is InChI=1S/C16H20ClNO3/c1-11-4-2-3-5-14(11)18-15(19)10-21-16(20)12-6-8-13(17)9-7-12/h6-9,11,14H,2-5,10H2,1H3,(H,18,19)/t11-,14-/m1/s1. The van der Waals surface area contributed by atoms with Crippen LogP contribution >= 0.6 is 11.6 Å². The lowest BCUT2D eigenvalue weighted by Gasteiger charge is -2.29. The molecule has 114 valence electrons.